The van der Waals surface area contributed by atoms with Gasteiger partial charge in [-0.25, -0.2) is 14.8 Å². The van der Waals surface area contributed by atoms with E-state index in [1.165, 1.54) is 14.3 Å². The maximum atomic E-state index is 13.2. The van der Waals surface area contributed by atoms with E-state index >= 15 is 0 Å². The minimum absolute atomic E-state index is 0. The van der Waals surface area contributed by atoms with Gasteiger partial charge in [-0.05, 0) is 107 Å². The van der Waals surface area contributed by atoms with Crippen LogP contribution in [-0.2, 0) is 32.3 Å². The molecule has 336 valence electrons. The number of aliphatic carboxylic acids is 1. The lowest BCUT2D eigenvalue weighted by Gasteiger charge is -2.34. The topological polar surface area (TPSA) is 281 Å². The number of carbonyl (C=O) groups is 6. The summed E-state index contributed by atoms with van der Waals surface area (Å²) in [4.78, 5) is 84.3. The van der Waals surface area contributed by atoms with Gasteiger partial charge >= 0.3 is 5.97 Å². The van der Waals surface area contributed by atoms with Crippen molar-refractivity contribution in [1.82, 2.24) is 39.3 Å². The summed E-state index contributed by atoms with van der Waals surface area (Å²) < 4.78 is 4.26. The van der Waals surface area contributed by atoms with Crippen molar-refractivity contribution in [2.45, 2.75) is 71.1 Å². The van der Waals surface area contributed by atoms with E-state index in [9.17, 15) is 33.9 Å². The number of amides is 5. The van der Waals surface area contributed by atoms with Crippen molar-refractivity contribution in [2.24, 2.45) is 11.5 Å². The highest BCUT2D eigenvalue weighted by Crippen LogP contribution is 2.24. The van der Waals surface area contributed by atoms with Gasteiger partial charge in [-0.2, -0.15) is 10.2 Å². The lowest BCUT2D eigenvalue weighted by Crippen LogP contribution is -2.51. The van der Waals surface area contributed by atoms with Crippen LogP contribution < -0.4 is 22.5 Å². The Hall–Kier alpha value is -6.74. The zero-order chi connectivity index (χ0) is 45.2. The van der Waals surface area contributed by atoms with Crippen LogP contribution in [0.1, 0.15) is 66.9 Å². The number of hydrogen-bond acceptors (Lipinski definition) is 11. The molecule has 0 unspecified atom stereocenters. The molecule has 2 aliphatic rings. The van der Waals surface area contributed by atoms with Gasteiger partial charge in [0.15, 0.2) is 11.4 Å². The first kappa shape index (κ1) is 48.3. The van der Waals surface area contributed by atoms with E-state index in [4.69, 9.17) is 17.2 Å². The third-order valence-electron chi connectivity index (χ3n) is 10.3. The Bertz CT molecular complexity index is 2650. The number of carboxylic acids is 1. The highest BCUT2D eigenvalue weighted by atomic mass is 79.9. The maximum Gasteiger partial charge on any atom is 0.326 e. The molecule has 0 radical (unpaired) electrons. The van der Waals surface area contributed by atoms with E-state index in [-0.39, 0.29) is 49.6 Å². The molecule has 2 saturated heterocycles. The molecule has 2 aliphatic heterocycles. The number of fused-ring (bicyclic) bond motifs is 2. The molecule has 8 rings (SSSR count). The number of nitrogens with two attached hydrogens (primary N) is 3. The summed E-state index contributed by atoms with van der Waals surface area (Å²) in [6.45, 7) is 0.673. The van der Waals surface area contributed by atoms with Crippen LogP contribution in [0, 0.1) is 0 Å². The lowest BCUT2D eigenvalue weighted by molar-refractivity contribution is -0.152. The first-order chi connectivity index (χ1) is 30.2. The van der Waals surface area contributed by atoms with Crippen LogP contribution >= 0.6 is 31.9 Å². The Labute approximate surface area is 384 Å². The van der Waals surface area contributed by atoms with Gasteiger partial charge in [0.25, 0.3) is 11.8 Å². The average molecular weight is 1000 g/mol. The van der Waals surface area contributed by atoms with Gasteiger partial charge in [0.2, 0.25) is 17.7 Å². The van der Waals surface area contributed by atoms with Gasteiger partial charge in [0.1, 0.15) is 46.0 Å². The normalized spacial score (nSPS) is 15.7. The van der Waals surface area contributed by atoms with Crippen molar-refractivity contribution in [3.63, 3.8) is 0 Å². The number of hydrogen-bond donors (Lipinski definition) is 5. The number of rotatable bonds is 9. The number of carbonyl (C=O) groups excluding carboxylic acids is 5. The number of nitrogens with zero attached hydrogens (tertiary/aromatic N) is 8. The minimum Gasteiger partial charge on any atom is -0.480 e. The molecule has 2 atom stereocenters. The Kier molecular flexibility index (Phi) is 16.6. The van der Waals surface area contributed by atoms with Crippen molar-refractivity contribution in [1.29, 1.82) is 0 Å². The minimum atomic E-state index is -0.994. The number of aromatic nitrogens is 6. The molecular weight excluding hydrogens is 956 g/mol. The number of primary amides is 2. The molecule has 2 fully saturated rings. The van der Waals surface area contributed by atoms with Crippen molar-refractivity contribution in [2.75, 3.05) is 24.1 Å². The van der Waals surface area contributed by atoms with Gasteiger partial charge in [-0.15, -0.1) is 0 Å². The third-order valence-corrected chi connectivity index (χ3v) is 11.2. The number of nitrogen functional groups attached to an aromatic ring is 1. The van der Waals surface area contributed by atoms with Gasteiger partial charge in [0.05, 0.1) is 11.0 Å². The van der Waals surface area contributed by atoms with Crippen LogP contribution in [-0.4, -0.2) is 105 Å². The molecule has 8 N–H and O–H groups in total. The average Bonchev–Trinajstić information content (AvgIpc) is 3.82. The van der Waals surface area contributed by atoms with Gasteiger partial charge in [0, 0.05) is 23.9 Å². The van der Waals surface area contributed by atoms with Crippen molar-refractivity contribution in [3.05, 3.63) is 106 Å². The predicted octanol–water partition coefficient (Wildman–Crippen LogP) is 4.98. The molecule has 0 aliphatic carbocycles. The summed E-state index contributed by atoms with van der Waals surface area (Å²) in [5.41, 5.74) is 17.6. The quantitative estimate of drug-likeness (QED) is 0.120. The number of likely N-dealkylation sites (tertiary alicyclic amines) is 2. The maximum absolute atomic E-state index is 13.2. The molecule has 6 aromatic rings. The number of pyridine rings is 2. The van der Waals surface area contributed by atoms with E-state index in [1.807, 2.05) is 12.1 Å². The van der Waals surface area contributed by atoms with Gasteiger partial charge < -0.3 is 37.4 Å². The SMILES string of the molecule is C.NC(=O)c1nn(CC(=O)N2CCCC[C@H]2C(=O)Nc2cccc(Br)n2)c2ccccc12.NC(=O)c1nn(CC(=O)N2CCCC[C@H]2C(=O)O)c2ccccc12.Nc1cccc(Br)n1. The zero-order valence-electron chi connectivity index (χ0n) is 33.8. The summed E-state index contributed by atoms with van der Waals surface area (Å²) in [6.07, 6.45) is 4.26. The monoisotopic (exact) mass is 1000 g/mol. The molecular formula is C43H48Br2N12O7. The molecule has 6 heterocycles. The molecule has 2 aromatic carbocycles. The van der Waals surface area contributed by atoms with E-state index in [0.29, 0.717) is 64.0 Å². The van der Waals surface area contributed by atoms with Crippen molar-refractivity contribution in [3.8, 4) is 0 Å². The number of anilines is 2. The first-order valence-electron chi connectivity index (χ1n) is 19.9. The first-order valence-corrected chi connectivity index (χ1v) is 21.4. The summed E-state index contributed by atoms with van der Waals surface area (Å²) >= 11 is 6.45. The highest BCUT2D eigenvalue weighted by Gasteiger charge is 2.34. The molecule has 0 saturated carbocycles. The fourth-order valence-corrected chi connectivity index (χ4v) is 8.10. The predicted molar refractivity (Wildman–Crippen MR) is 246 cm³/mol. The van der Waals surface area contributed by atoms with Crippen LogP contribution in [0.15, 0.2) is 94.1 Å². The molecule has 21 heteroatoms. The highest BCUT2D eigenvalue weighted by molar-refractivity contribution is 9.10. The summed E-state index contributed by atoms with van der Waals surface area (Å²) in [5, 5.41) is 21.6. The Morgan fingerprint density at radius 1 is 0.641 bits per heavy atom. The summed E-state index contributed by atoms with van der Waals surface area (Å²) in [5.74, 6) is -2.20. The third kappa shape index (κ3) is 11.8. The number of halogens is 2. The van der Waals surface area contributed by atoms with E-state index in [2.05, 4.69) is 57.3 Å². The van der Waals surface area contributed by atoms with Crippen LogP contribution in [0.5, 0.6) is 0 Å². The van der Waals surface area contributed by atoms with Crippen LogP contribution in [0.4, 0.5) is 11.6 Å². The van der Waals surface area contributed by atoms with Crippen molar-refractivity contribution < 1.29 is 33.9 Å². The van der Waals surface area contributed by atoms with Gasteiger partial charge in [-0.1, -0.05) is 56.0 Å². The van der Waals surface area contributed by atoms with Gasteiger partial charge in [-0.3, -0.25) is 33.3 Å². The van der Waals surface area contributed by atoms with Crippen LogP contribution in [0.2, 0.25) is 0 Å². The number of benzene rings is 2. The summed E-state index contributed by atoms with van der Waals surface area (Å²) in [6, 6.07) is 23.3. The largest absolute Gasteiger partial charge is 0.480 e. The summed E-state index contributed by atoms with van der Waals surface area (Å²) in [7, 11) is 0. The fraction of sp³-hybridized carbons (Fsp3) is 0.302. The van der Waals surface area contributed by atoms with E-state index in [1.54, 1.807) is 77.7 Å². The lowest BCUT2D eigenvalue weighted by atomic mass is 10.0. The Morgan fingerprint density at radius 2 is 1.11 bits per heavy atom. The molecule has 4 aromatic heterocycles. The molecule has 19 nitrogen and oxygen atoms in total. The van der Waals surface area contributed by atoms with Crippen molar-refractivity contribution >= 4 is 101 Å². The molecule has 5 amide bonds. The zero-order valence-corrected chi connectivity index (χ0v) is 36.9. The van der Waals surface area contributed by atoms with Crippen LogP contribution in [0.3, 0.4) is 0 Å². The standard InChI is InChI=1S/C21H21BrN6O3.C16H18N4O4.C5H5BrN2.CH4/c22-16-9-5-10-17(24-16)25-21(31)15-8-3-4-11-27(15)18(29)12-28-14-7-2-1-6-13(14)19(26-28)20(23)30;17-15(22)14-10-5-1-2-6-11(10)20(18-14)9-13(21)19-8-4-3-7-12(19)16(23)24;6-4-2-1-3-5(7)8-4;/h1-2,5-7,9-10,15H,3-4,8,11-12H2,(H2,23,30)(H,24,25,31);1-2,5-6,12H,3-4,7-9H2,(H2,17,22)(H,23,24);1-3H,(H2,7,8);1H4/t15-;12-;;/m00../s1. The number of piperidine rings is 2. The fourth-order valence-electron chi connectivity index (χ4n) is 7.40. The second-order valence-corrected chi connectivity index (χ2v) is 16.2. The number of carboxylic acid groups (broad SMARTS) is 1. The second-order valence-electron chi connectivity index (χ2n) is 14.5. The Morgan fingerprint density at radius 3 is 1.56 bits per heavy atom. The van der Waals surface area contributed by atoms with E-state index < -0.39 is 29.9 Å². The number of para-hydroxylation sites is 2. The molecule has 0 spiro atoms. The molecule has 64 heavy (non-hydrogen) atoms. The molecule has 0 bridgehead atoms. The van der Waals surface area contributed by atoms with E-state index in [0.717, 1.165) is 30.3 Å². The smallest absolute Gasteiger partial charge is 0.326 e. The van der Waals surface area contributed by atoms with Crippen LogP contribution in [0.25, 0.3) is 21.8 Å². The Balaban J connectivity index is 0.000000207. The number of nitrogens with one attached hydrogen (secondary N) is 1. The second kappa shape index (κ2) is 22.1.